The van der Waals surface area contributed by atoms with Gasteiger partial charge in [0.25, 0.3) is 0 Å². The molecule has 0 spiro atoms. The van der Waals surface area contributed by atoms with Gasteiger partial charge in [-0.05, 0) is 56.4 Å². The van der Waals surface area contributed by atoms with Crippen LogP contribution in [0, 0.1) is 11.8 Å². The number of unbranched alkanes of at least 4 members (excludes halogenated alkanes) is 3. The van der Waals surface area contributed by atoms with E-state index < -0.39 is 5.97 Å². The molecule has 2 rings (SSSR count). The third kappa shape index (κ3) is 6.65. The smallest absolute Gasteiger partial charge is 0.303 e. The van der Waals surface area contributed by atoms with E-state index >= 15 is 0 Å². The summed E-state index contributed by atoms with van der Waals surface area (Å²) in [7, 11) is 0. The Morgan fingerprint density at radius 3 is 2.64 bits per heavy atom. The Balaban J connectivity index is 1.79. The fraction of sp³-hybridized carbons (Fsp3) is 0.714. The van der Waals surface area contributed by atoms with Crippen LogP contribution in [-0.2, 0) is 9.59 Å². The number of carbonyl (C=O) groups excluding carboxylic acids is 1. The first-order valence-corrected chi connectivity index (χ1v) is 10.8. The number of aliphatic carboxylic acids is 1. The molecule has 0 aliphatic carbocycles. The van der Waals surface area contributed by atoms with Crippen molar-refractivity contribution in [1.82, 2.24) is 0 Å². The van der Waals surface area contributed by atoms with Crippen LogP contribution in [0.2, 0.25) is 0 Å². The molecule has 0 unspecified atom stereocenters. The van der Waals surface area contributed by atoms with Gasteiger partial charge in [-0.1, -0.05) is 38.0 Å². The van der Waals surface area contributed by atoms with Gasteiger partial charge in [-0.3, -0.25) is 9.59 Å². The van der Waals surface area contributed by atoms with Gasteiger partial charge in [0.15, 0.2) is 5.78 Å². The fourth-order valence-corrected chi connectivity index (χ4v) is 5.94. The molecule has 0 aromatic rings. The number of thioether (sulfide) groups is 1. The third-order valence-corrected chi connectivity index (χ3v) is 7.19. The molecular weight excluding hydrogens is 332 g/mol. The highest BCUT2D eigenvalue weighted by atomic mass is 32.2. The minimum atomic E-state index is -0.716. The monoisotopic (exact) mass is 364 g/mol. The van der Waals surface area contributed by atoms with E-state index in [0.29, 0.717) is 29.9 Å². The minimum absolute atomic E-state index is 0.250. The second-order valence-corrected chi connectivity index (χ2v) is 8.79. The Morgan fingerprint density at radius 1 is 1.08 bits per heavy atom. The first-order chi connectivity index (χ1) is 12.1. The maximum absolute atomic E-state index is 12.0. The van der Waals surface area contributed by atoms with Crippen molar-refractivity contribution in [2.75, 3.05) is 0 Å². The number of allylic oxidation sites excluding steroid dienone is 4. The lowest BCUT2D eigenvalue weighted by atomic mass is 9.77. The summed E-state index contributed by atoms with van der Waals surface area (Å²) in [5.41, 5.74) is 0. The predicted molar refractivity (Wildman–Crippen MR) is 105 cm³/mol. The minimum Gasteiger partial charge on any atom is -0.481 e. The fourth-order valence-electron chi connectivity index (χ4n) is 3.98. The van der Waals surface area contributed by atoms with E-state index in [1.807, 2.05) is 6.08 Å². The Morgan fingerprint density at radius 2 is 1.88 bits per heavy atom. The van der Waals surface area contributed by atoms with Gasteiger partial charge < -0.3 is 5.11 Å². The zero-order valence-corrected chi connectivity index (χ0v) is 16.2. The molecule has 2 aliphatic rings. The first kappa shape index (κ1) is 20.3. The van der Waals surface area contributed by atoms with Crippen LogP contribution in [0.5, 0.6) is 0 Å². The average Bonchev–Trinajstić information content (AvgIpc) is 3.17. The number of carbonyl (C=O) groups is 2. The second-order valence-electron chi connectivity index (χ2n) is 7.31. The Hall–Kier alpha value is -1.03. The van der Waals surface area contributed by atoms with Gasteiger partial charge in [0.2, 0.25) is 0 Å². The van der Waals surface area contributed by atoms with Crippen LogP contribution in [0.1, 0.15) is 71.1 Å². The number of carboxylic acids is 1. The molecular formula is C21H32O3S. The van der Waals surface area contributed by atoms with Crippen LogP contribution < -0.4 is 0 Å². The largest absolute Gasteiger partial charge is 0.481 e. The lowest BCUT2D eigenvalue weighted by molar-refractivity contribution is -0.137. The predicted octanol–water partition coefficient (Wildman–Crippen LogP) is 5.40. The van der Waals surface area contributed by atoms with Crippen LogP contribution in [0.15, 0.2) is 24.3 Å². The van der Waals surface area contributed by atoms with Gasteiger partial charge in [-0.25, -0.2) is 0 Å². The van der Waals surface area contributed by atoms with Crippen molar-refractivity contribution in [3.63, 3.8) is 0 Å². The summed E-state index contributed by atoms with van der Waals surface area (Å²) in [5.74, 6) is 0.734. The molecule has 140 valence electrons. The molecule has 0 amide bonds. The second kappa shape index (κ2) is 10.8. The van der Waals surface area contributed by atoms with E-state index in [1.54, 1.807) is 0 Å². The molecule has 2 saturated heterocycles. The average molecular weight is 365 g/mol. The highest BCUT2D eigenvalue weighted by Crippen LogP contribution is 2.54. The maximum Gasteiger partial charge on any atom is 0.303 e. The highest BCUT2D eigenvalue weighted by Gasteiger charge is 2.46. The van der Waals surface area contributed by atoms with Crippen LogP contribution in [0.25, 0.3) is 0 Å². The molecule has 2 bridgehead atoms. The van der Waals surface area contributed by atoms with Crippen molar-refractivity contribution >= 4 is 23.5 Å². The van der Waals surface area contributed by atoms with Crippen molar-refractivity contribution in [3.8, 4) is 0 Å². The summed E-state index contributed by atoms with van der Waals surface area (Å²) in [6.45, 7) is 2.16. The quantitative estimate of drug-likeness (QED) is 0.286. The highest BCUT2D eigenvalue weighted by molar-refractivity contribution is 8.01. The zero-order chi connectivity index (χ0) is 18.1. The number of rotatable bonds is 12. The Bertz CT molecular complexity index is 497. The van der Waals surface area contributed by atoms with Gasteiger partial charge in [0.05, 0.1) is 0 Å². The van der Waals surface area contributed by atoms with Crippen molar-refractivity contribution in [2.24, 2.45) is 11.8 Å². The summed E-state index contributed by atoms with van der Waals surface area (Å²) in [6.07, 6.45) is 17.9. The molecule has 2 fully saturated rings. The number of hydrogen-bond acceptors (Lipinski definition) is 3. The molecule has 0 aromatic heterocycles. The van der Waals surface area contributed by atoms with E-state index in [0.717, 1.165) is 37.4 Å². The van der Waals surface area contributed by atoms with Crippen LogP contribution >= 0.6 is 11.8 Å². The van der Waals surface area contributed by atoms with Crippen molar-refractivity contribution in [2.45, 2.75) is 81.6 Å². The summed E-state index contributed by atoms with van der Waals surface area (Å²) >= 11 is 2.12. The van der Waals surface area contributed by atoms with Crippen LogP contribution in [-0.4, -0.2) is 27.4 Å². The molecule has 1 N–H and O–H groups in total. The van der Waals surface area contributed by atoms with Crippen molar-refractivity contribution < 1.29 is 14.7 Å². The van der Waals surface area contributed by atoms with Crippen LogP contribution in [0.3, 0.4) is 0 Å². The van der Waals surface area contributed by atoms with E-state index in [2.05, 4.69) is 36.9 Å². The normalized spacial score (nSPS) is 28.4. The molecule has 0 aromatic carbocycles. The number of hydrogen-bond donors (Lipinski definition) is 1. The van der Waals surface area contributed by atoms with Gasteiger partial charge in [0.1, 0.15) is 0 Å². The first-order valence-electron chi connectivity index (χ1n) is 9.85. The lowest BCUT2D eigenvalue weighted by Crippen LogP contribution is -2.25. The molecule has 2 heterocycles. The molecule has 4 atom stereocenters. The molecule has 2 aliphatic heterocycles. The number of ketones is 1. The standard InChI is InChI=1S/C21H32O3S/c1-2-3-6-9-16(22)12-13-18-17(19-14-15-20(18)25-19)10-7-4-5-8-11-21(23)24/h4,7,12-13,17-20H,2-3,5-6,8-11,14-15H2,1H3,(H,23,24)/b7-4-,13-12+/t17-,18+,19-,20+/m0/s1. The summed E-state index contributed by atoms with van der Waals surface area (Å²) < 4.78 is 0. The third-order valence-electron chi connectivity index (χ3n) is 5.35. The Labute approximate surface area is 156 Å². The van der Waals surface area contributed by atoms with E-state index in [1.165, 1.54) is 12.8 Å². The number of fused-ring (bicyclic) bond motifs is 2. The van der Waals surface area contributed by atoms with Gasteiger partial charge in [-0.15, -0.1) is 0 Å². The maximum atomic E-state index is 12.0. The van der Waals surface area contributed by atoms with Crippen molar-refractivity contribution in [3.05, 3.63) is 24.3 Å². The van der Waals surface area contributed by atoms with Crippen molar-refractivity contribution in [1.29, 1.82) is 0 Å². The van der Waals surface area contributed by atoms with Gasteiger partial charge in [0, 0.05) is 23.3 Å². The SMILES string of the molecule is CCCCCC(=O)/C=C/[C@@H]1[C@H](C/C=C\CCCC(=O)O)[C@@H]2CC[C@H]1S2. The number of carboxylic acid groups (broad SMARTS) is 1. The molecule has 0 saturated carbocycles. The molecule has 4 heteroatoms. The summed E-state index contributed by atoms with van der Waals surface area (Å²) in [5, 5.41) is 10.1. The summed E-state index contributed by atoms with van der Waals surface area (Å²) in [4.78, 5) is 22.5. The Kier molecular flexibility index (Phi) is 8.80. The van der Waals surface area contributed by atoms with E-state index in [-0.39, 0.29) is 12.2 Å². The van der Waals surface area contributed by atoms with Crippen LogP contribution in [0.4, 0.5) is 0 Å². The lowest BCUT2D eigenvalue weighted by Gasteiger charge is -2.26. The van der Waals surface area contributed by atoms with Gasteiger partial charge in [-0.2, -0.15) is 11.8 Å². The topological polar surface area (TPSA) is 54.4 Å². The molecule has 25 heavy (non-hydrogen) atoms. The molecule has 0 radical (unpaired) electrons. The molecule has 3 nitrogen and oxygen atoms in total. The summed E-state index contributed by atoms with van der Waals surface area (Å²) in [6, 6.07) is 0. The van der Waals surface area contributed by atoms with Gasteiger partial charge >= 0.3 is 5.97 Å². The zero-order valence-electron chi connectivity index (χ0n) is 15.4. The van der Waals surface area contributed by atoms with E-state index in [9.17, 15) is 9.59 Å². The van der Waals surface area contributed by atoms with E-state index in [4.69, 9.17) is 5.11 Å².